The Morgan fingerprint density at radius 1 is 1.25 bits per heavy atom. The highest BCUT2D eigenvalue weighted by molar-refractivity contribution is 5.73. The van der Waals surface area contributed by atoms with Crippen molar-refractivity contribution in [3.8, 4) is 0 Å². The number of halogens is 4. The Balaban J connectivity index is 0.000000572. The zero-order valence-electron chi connectivity index (χ0n) is 20.0. The van der Waals surface area contributed by atoms with E-state index in [1.165, 1.54) is 12.1 Å². The second-order valence-electron chi connectivity index (χ2n) is 8.50. The van der Waals surface area contributed by atoms with Gasteiger partial charge in [-0.1, -0.05) is 12.1 Å². The number of aryl methyl sites for hydroxylation is 1. The number of alkyl halides is 3. The number of hydrogen-bond acceptors (Lipinski definition) is 6. The molecule has 9 nitrogen and oxygen atoms in total. The van der Waals surface area contributed by atoms with Crippen LogP contribution in [0.15, 0.2) is 34.9 Å². The number of benzene rings is 1. The van der Waals surface area contributed by atoms with Crippen LogP contribution < -0.4 is 5.32 Å². The Kier molecular flexibility index (Phi) is 10.7. The van der Waals surface area contributed by atoms with Crippen LogP contribution in [0.5, 0.6) is 0 Å². The molecule has 1 unspecified atom stereocenters. The molecule has 0 saturated carbocycles. The number of carbonyl (C=O) groups excluding carboxylic acids is 1. The van der Waals surface area contributed by atoms with Gasteiger partial charge in [-0.05, 0) is 49.5 Å². The minimum atomic E-state index is -5.08. The molecular formula is C23H30F4N4O5. The van der Waals surface area contributed by atoms with Gasteiger partial charge in [-0.15, -0.1) is 0 Å². The van der Waals surface area contributed by atoms with Gasteiger partial charge in [-0.3, -0.25) is 0 Å². The quantitative estimate of drug-likeness (QED) is 0.481. The molecule has 3 rings (SSSR count). The molecule has 0 spiro atoms. The number of nitrogens with zero attached hydrogens (tertiary/aromatic N) is 3. The summed E-state index contributed by atoms with van der Waals surface area (Å²) in [5, 5.41) is 20.3. The van der Waals surface area contributed by atoms with Crippen molar-refractivity contribution in [1.29, 1.82) is 0 Å². The maximum Gasteiger partial charge on any atom is 0.490 e. The van der Waals surface area contributed by atoms with E-state index in [4.69, 9.17) is 14.3 Å². The van der Waals surface area contributed by atoms with Gasteiger partial charge in [-0.25, -0.2) is 19.0 Å². The van der Waals surface area contributed by atoms with Crippen molar-refractivity contribution in [2.24, 2.45) is 5.92 Å². The van der Waals surface area contributed by atoms with Crippen LogP contribution in [-0.2, 0) is 11.3 Å². The van der Waals surface area contributed by atoms with E-state index in [2.05, 4.69) is 15.2 Å². The molecule has 13 heteroatoms. The molecule has 0 radical (unpaired) electrons. The number of likely N-dealkylation sites (tertiary alicyclic amines) is 1. The molecule has 1 aromatic heterocycles. The molecular weight excluding hydrogens is 488 g/mol. The van der Waals surface area contributed by atoms with E-state index in [0.29, 0.717) is 37.2 Å². The van der Waals surface area contributed by atoms with E-state index in [0.717, 1.165) is 31.5 Å². The third kappa shape index (κ3) is 9.82. The fourth-order valence-electron chi connectivity index (χ4n) is 3.64. The number of amides is 2. The summed E-state index contributed by atoms with van der Waals surface area (Å²) in [6, 6.07) is 5.86. The SMILES string of the molecule is Cc1ncc(CNC(=O)N(C)CC2CCN(CC(O)c3ccc(F)cc3)CC2)o1.O=C(O)C(F)(F)F. The first-order chi connectivity index (χ1) is 16.8. The van der Waals surface area contributed by atoms with Crippen molar-refractivity contribution < 1.29 is 41.8 Å². The summed E-state index contributed by atoms with van der Waals surface area (Å²) in [6.45, 7) is 5.05. The first-order valence-corrected chi connectivity index (χ1v) is 11.2. The van der Waals surface area contributed by atoms with Crippen LogP contribution in [-0.4, -0.2) is 76.4 Å². The van der Waals surface area contributed by atoms with E-state index in [1.807, 2.05) is 0 Å². The van der Waals surface area contributed by atoms with E-state index >= 15 is 0 Å². The van der Waals surface area contributed by atoms with Gasteiger partial charge in [0.15, 0.2) is 5.89 Å². The van der Waals surface area contributed by atoms with Crippen LogP contribution in [0.3, 0.4) is 0 Å². The van der Waals surface area contributed by atoms with Crippen molar-refractivity contribution in [3.05, 3.63) is 53.5 Å². The molecule has 200 valence electrons. The number of urea groups is 1. The average molecular weight is 519 g/mol. The lowest BCUT2D eigenvalue weighted by Gasteiger charge is -2.34. The molecule has 2 amide bonds. The van der Waals surface area contributed by atoms with Crippen LogP contribution >= 0.6 is 0 Å². The largest absolute Gasteiger partial charge is 0.490 e. The van der Waals surface area contributed by atoms with Crippen molar-refractivity contribution in [2.45, 2.75) is 38.6 Å². The maximum absolute atomic E-state index is 13.0. The molecule has 0 bridgehead atoms. The first-order valence-electron chi connectivity index (χ1n) is 11.2. The number of aromatic nitrogens is 1. The smallest absolute Gasteiger partial charge is 0.475 e. The number of β-amino-alcohol motifs (C(OH)–C–C–N with tert-alkyl or cyclic N) is 1. The van der Waals surface area contributed by atoms with Crippen LogP contribution in [0.1, 0.15) is 36.2 Å². The van der Waals surface area contributed by atoms with Crippen molar-refractivity contribution in [2.75, 3.05) is 33.2 Å². The predicted octanol–water partition coefficient (Wildman–Crippen LogP) is 3.34. The Morgan fingerprint density at radius 2 is 1.83 bits per heavy atom. The Hall–Kier alpha value is -3.19. The summed E-state index contributed by atoms with van der Waals surface area (Å²) in [4.78, 5) is 29.1. The van der Waals surface area contributed by atoms with Gasteiger partial charge in [-0.2, -0.15) is 13.2 Å². The number of oxazole rings is 1. The number of rotatable bonds is 7. The Morgan fingerprint density at radius 3 is 2.33 bits per heavy atom. The number of aliphatic hydroxyl groups excluding tert-OH is 1. The zero-order chi connectivity index (χ0) is 26.9. The number of piperidine rings is 1. The van der Waals surface area contributed by atoms with Gasteiger partial charge in [0.05, 0.1) is 18.8 Å². The lowest BCUT2D eigenvalue weighted by atomic mass is 9.95. The number of carboxylic acids is 1. The standard InChI is InChI=1S/C21H29FN4O3.C2HF3O2/c1-15-23-11-19(29-15)12-24-21(28)25(2)13-16-7-9-26(10-8-16)14-20(27)17-3-5-18(22)6-4-17;3-2(4,5)1(6)7/h3-6,11,16,20,27H,7-10,12-14H2,1-2H3,(H,24,28);(H,6,7). The molecule has 36 heavy (non-hydrogen) atoms. The molecule has 1 saturated heterocycles. The highest BCUT2D eigenvalue weighted by Crippen LogP contribution is 2.22. The van der Waals surface area contributed by atoms with Crippen molar-refractivity contribution >= 4 is 12.0 Å². The van der Waals surface area contributed by atoms with Crippen LogP contribution in [0.4, 0.5) is 22.4 Å². The van der Waals surface area contributed by atoms with Gasteiger partial charge in [0.2, 0.25) is 0 Å². The molecule has 2 heterocycles. The summed E-state index contributed by atoms with van der Waals surface area (Å²) in [6.07, 6.45) is -2.16. The van der Waals surface area contributed by atoms with Crippen LogP contribution in [0, 0.1) is 18.7 Å². The van der Waals surface area contributed by atoms with Gasteiger partial charge in [0.1, 0.15) is 11.6 Å². The molecule has 1 aromatic carbocycles. The van der Waals surface area contributed by atoms with Crippen LogP contribution in [0.2, 0.25) is 0 Å². The van der Waals surface area contributed by atoms with Gasteiger partial charge in [0, 0.05) is 27.1 Å². The highest BCUT2D eigenvalue weighted by atomic mass is 19.4. The van der Waals surface area contributed by atoms with E-state index < -0.39 is 18.2 Å². The fourth-order valence-corrected chi connectivity index (χ4v) is 3.64. The zero-order valence-corrected chi connectivity index (χ0v) is 20.0. The molecule has 0 aliphatic carbocycles. The number of nitrogens with one attached hydrogen (secondary N) is 1. The molecule has 1 fully saturated rings. The molecule has 1 aliphatic heterocycles. The monoisotopic (exact) mass is 518 g/mol. The molecule has 1 aliphatic rings. The lowest BCUT2D eigenvalue weighted by molar-refractivity contribution is -0.192. The number of carbonyl (C=O) groups is 2. The van der Waals surface area contributed by atoms with E-state index in [9.17, 15) is 27.5 Å². The summed E-state index contributed by atoms with van der Waals surface area (Å²) < 4.78 is 50.1. The third-order valence-electron chi connectivity index (χ3n) is 5.60. The number of hydrogen-bond donors (Lipinski definition) is 3. The number of carboxylic acid groups (broad SMARTS) is 1. The third-order valence-corrected chi connectivity index (χ3v) is 5.60. The summed E-state index contributed by atoms with van der Waals surface area (Å²) in [5.74, 6) is -1.41. The van der Waals surface area contributed by atoms with Crippen molar-refractivity contribution in [3.63, 3.8) is 0 Å². The summed E-state index contributed by atoms with van der Waals surface area (Å²) in [7, 11) is 1.80. The number of aliphatic carboxylic acids is 1. The highest BCUT2D eigenvalue weighted by Gasteiger charge is 2.38. The van der Waals surface area contributed by atoms with Crippen molar-refractivity contribution in [1.82, 2.24) is 20.1 Å². The maximum atomic E-state index is 13.0. The van der Waals surface area contributed by atoms with Crippen LogP contribution in [0.25, 0.3) is 0 Å². The predicted molar refractivity (Wildman–Crippen MR) is 120 cm³/mol. The fraction of sp³-hybridized carbons (Fsp3) is 0.522. The first kappa shape index (κ1) is 29.0. The normalized spacial score (nSPS) is 15.5. The number of aliphatic hydroxyl groups is 1. The molecule has 2 aromatic rings. The summed E-state index contributed by atoms with van der Waals surface area (Å²) >= 11 is 0. The van der Waals surface area contributed by atoms with E-state index in [-0.39, 0.29) is 11.8 Å². The lowest BCUT2D eigenvalue weighted by Crippen LogP contribution is -2.43. The average Bonchev–Trinajstić information content (AvgIpc) is 3.24. The molecule has 3 N–H and O–H groups in total. The topological polar surface area (TPSA) is 119 Å². The second-order valence-corrected chi connectivity index (χ2v) is 8.50. The van der Waals surface area contributed by atoms with Gasteiger partial charge in [0.25, 0.3) is 0 Å². The summed E-state index contributed by atoms with van der Waals surface area (Å²) in [5.41, 5.74) is 0.729. The molecule has 1 atom stereocenters. The van der Waals surface area contributed by atoms with Gasteiger partial charge < -0.3 is 29.7 Å². The van der Waals surface area contributed by atoms with E-state index in [1.54, 1.807) is 37.2 Å². The Labute approximate surface area is 205 Å². The second kappa shape index (κ2) is 13.2. The Bertz CT molecular complexity index is 976. The minimum absolute atomic E-state index is 0.131. The minimum Gasteiger partial charge on any atom is -0.475 e. The van der Waals surface area contributed by atoms with Gasteiger partial charge >= 0.3 is 18.2 Å².